The van der Waals surface area contributed by atoms with Crippen molar-refractivity contribution in [3.05, 3.63) is 53.9 Å². The number of amides is 1. The van der Waals surface area contributed by atoms with Crippen LogP contribution < -0.4 is 5.32 Å². The van der Waals surface area contributed by atoms with E-state index in [4.69, 9.17) is 0 Å². The lowest BCUT2D eigenvalue weighted by Crippen LogP contribution is -2.24. The lowest BCUT2D eigenvalue weighted by atomic mass is 10.2. The van der Waals surface area contributed by atoms with Crippen molar-refractivity contribution in [1.29, 1.82) is 0 Å². The number of nitrogens with one attached hydrogen (secondary N) is 1. The van der Waals surface area contributed by atoms with E-state index < -0.39 is 9.84 Å². The summed E-state index contributed by atoms with van der Waals surface area (Å²) in [4.78, 5) is 12.1. The molecule has 0 aliphatic heterocycles. The van der Waals surface area contributed by atoms with Crippen LogP contribution in [0.15, 0.2) is 47.6 Å². The van der Waals surface area contributed by atoms with Crippen LogP contribution >= 0.6 is 0 Å². The summed E-state index contributed by atoms with van der Waals surface area (Å²) in [5.74, 6) is -0.330. The monoisotopic (exact) mass is 291 g/mol. The molecule has 0 aliphatic rings. The molecule has 2 aromatic rings. The molecule has 1 heterocycles. The minimum absolute atomic E-state index is 0.129. The zero-order valence-corrected chi connectivity index (χ0v) is 11.6. The normalized spacial score (nSPS) is 11.1. The Morgan fingerprint density at radius 3 is 2.60 bits per heavy atom. The number of nitrogens with zero attached hydrogens (tertiary/aromatic N) is 2. The number of aromatic nitrogens is 2. The summed E-state index contributed by atoms with van der Waals surface area (Å²) in [5, 5.41) is 9.85. The van der Waals surface area contributed by atoms with Gasteiger partial charge in [-0.3, -0.25) is 4.79 Å². The van der Waals surface area contributed by atoms with E-state index in [1.807, 2.05) is 0 Å². The fraction of sp³-hybridized carbons (Fsp3) is 0.154. The molecule has 0 spiro atoms. The lowest BCUT2D eigenvalue weighted by molar-refractivity contribution is 0.0950. The fourth-order valence-corrected chi connectivity index (χ4v) is 2.66. The van der Waals surface area contributed by atoms with Gasteiger partial charge in [-0.05, 0) is 17.7 Å². The number of carbonyl (C=O) groups is 1. The molecule has 0 radical (unpaired) electrons. The third-order valence-electron chi connectivity index (χ3n) is 2.66. The van der Waals surface area contributed by atoms with Crippen molar-refractivity contribution in [3.63, 3.8) is 0 Å². The molecule has 1 aromatic carbocycles. The quantitative estimate of drug-likeness (QED) is 0.900. The molecule has 7 heteroatoms. The highest BCUT2D eigenvalue weighted by Gasteiger charge is 2.13. The molecule has 2 rings (SSSR count). The second kappa shape index (κ2) is 5.79. The largest absolute Gasteiger partial charge is 0.348 e. The molecule has 20 heavy (non-hydrogen) atoms. The van der Waals surface area contributed by atoms with E-state index in [1.165, 1.54) is 24.5 Å². The molecule has 0 bridgehead atoms. The van der Waals surface area contributed by atoms with Gasteiger partial charge in [-0.15, -0.1) is 0 Å². The summed E-state index contributed by atoms with van der Waals surface area (Å²) in [5.41, 5.74) is 0.919. The van der Waals surface area contributed by atoms with Crippen molar-refractivity contribution in [1.82, 2.24) is 15.5 Å². The number of hydrogen-bond acceptors (Lipinski definition) is 5. The van der Waals surface area contributed by atoms with Gasteiger partial charge in [0.25, 0.3) is 5.91 Å². The van der Waals surface area contributed by atoms with E-state index in [1.54, 1.807) is 18.2 Å². The summed E-state index contributed by atoms with van der Waals surface area (Å²) >= 11 is 0. The van der Waals surface area contributed by atoms with E-state index in [0.717, 1.165) is 6.26 Å². The Hall–Kier alpha value is -2.28. The van der Waals surface area contributed by atoms with Crippen molar-refractivity contribution in [2.75, 3.05) is 6.26 Å². The average molecular weight is 291 g/mol. The first kappa shape index (κ1) is 14.1. The summed E-state index contributed by atoms with van der Waals surface area (Å²) < 4.78 is 23.3. The van der Waals surface area contributed by atoms with Gasteiger partial charge in [0, 0.05) is 12.8 Å². The predicted octanol–water partition coefficient (Wildman–Crippen LogP) is 0.810. The van der Waals surface area contributed by atoms with Crippen LogP contribution in [-0.4, -0.2) is 30.8 Å². The van der Waals surface area contributed by atoms with Crippen LogP contribution in [0.4, 0.5) is 0 Å². The summed E-state index contributed by atoms with van der Waals surface area (Å²) in [6, 6.07) is 8.09. The minimum Gasteiger partial charge on any atom is -0.348 e. The van der Waals surface area contributed by atoms with E-state index in [9.17, 15) is 13.2 Å². The van der Waals surface area contributed by atoms with Crippen LogP contribution in [-0.2, 0) is 16.4 Å². The zero-order chi connectivity index (χ0) is 14.6. The predicted molar refractivity (Wildman–Crippen MR) is 72.8 cm³/mol. The molecule has 0 unspecified atom stereocenters. The van der Waals surface area contributed by atoms with Gasteiger partial charge in [-0.2, -0.15) is 10.2 Å². The molecule has 1 aromatic heterocycles. The van der Waals surface area contributed by atoms with E-state index in [-0.39, 0.29) is 17.3 Å². The van der Waals surface area contributed by atoms with Gasteiger partial charge in [0.2, 0.25) is 0 Å². The minimum atomic E-state index is -3.32. The number of hydrogen-bond donors (Lipinski definition) is 1. The summed E-state index contributed by atoms with van der Waals surface area (Å²) in [7, 11) is -3.32. The van der Waals surface area contributed by atoms with Gasteiger partial charge in [-0.25, -0.2) is 8.42 Å². The first-order valence-electron chi connectivity index (χ1n) is 5.81. The molecule has 6 nitrogen and oxygen atoms in total. The highest BCUT2D eigenvalue weighted by atomic mass is 32.2. The van der Waals surface area contributed by atoms with Crippen LogP contribution in [0.2, 0.25) is 0 Å². The van der Waals surface area contributed by atoms with E-state index >= 15 is 0 Å². The van der Waals surface area contributed by atoms with Gasteiger partial charge >= 0.3 is 0 Å². The first-order valence-corrected chi connectivity index (χ1v) is 7.70. The smallest absolute Gasteiger partial charge is 0.253 e. The highest BCUT2D eigenvalue weighted by Crippen LogP contribution is 2.15. The molecular weight excluding hydrogens is 278 g/mol. The van der Waals surface area contributed by atoms with Gasteiger partial charge < -0.3 is 5.32 Å². The molecule has 0 aliphatic carbocycles. The Bertz CT molecular complexity index is 715. The molecule has 0 fully saturated rings. The maximum atomic E-state index is 11.9. The molecular formula is C13H13N3O3S. The number of benzene rings is 1. The van der Waals surface area contributed by atoms with Crippen molar-refractivity contribution >= 4 is 15.7 Å². The van der Waals surface area contributed by atoms with Crippen molar-refractivity contribution in [3.8, 4) is 0 Å². The Kier molecular flexibility index (Phi) is 4.09. The molecule has 1 N–H and O–H groups in total. The van der Waals surface area contributed by atoms with E-state index in [2.05, 4.69) is 15.5 Å². The number of carbonyl (C=O) groups excluding carboxylic acids is 1. The van der Waals surface area contributed by atoms with Crippen LogP contribution in [0.3, 0.4) is 0 Å². The van der Waals surface area contributed by atoms with E-state index in [0.29, 0.717) is 11.1 Å². The van der Waals surface area contributed by atoms with Crippen LogP contribution in [0.5, 0.6) is 0 Å². The molecule has 0 atom stereocenters. The summed E-state index contributed by atoms with van der Waals surface area (Å²) in [6.07, 6.45) is 3.90. The first-order chi connectivity index (χ1) is 9.48. The second-order valence-corrected chi connectivity index (χ2v) is 6.18. The van der Waals surface area contributed by atoms with Crippen molar-refractivity contribution in [2.45, 2.75) is 11.4 Å². The lowest BCUT2D eigenvalue weighted by Gasteiger charge is -2.09. The maximum absolute atomic E-state index is 11.9. The van der Waals surface area contributed by atoms with Gasteiger partial charge in [0.15, 0.2) is 9.84 Å². The van der Waals surface area contributed by atoms with Crippen molar-refractivity contribution in [2.24, 2.45) is 0 Å². The van der Waals surface area contributed by atoms with Gasteiger partial charge in [0.05, 0.1) is 22.9 Å². The SMILES string of the molecule is CS(=O)(=O)c1ccccc1CNC(=O)c1ccnnc1. The zero-order valence-electron chi connectivity index (χ0n) is 10.8. The Morgan fingerprint density at radius 2 is 1.95 bits per heavy atom. The van der Waals surface area contributed by atoms with Crippen LogP contribution in [0.1, 0.15) is 15.9 Å². The molecule has 104 valence electrons. The molecule has 1 amide bonds. The third-order valence-corrected chi connectivity index (χ3v) is 3.86. The van der Waals surface area contributed by atoms with Crippen LogP contribution in [0.25, 0.3) is 0 Å². The topological polar surface area (TPSA) is 89.0 Å². The number of sulfone groups is 1. The fourth-order valence-electron chi connectivity index (χ4n) is 1.71. The van der Waals surface area contributed by atoms with Gasteiger partial charge in [-0.1, -0.05) is 18.2 Å². The third kappa shape index (κ3) is 3.39. The van der Waals surface area contributed by atoms with Crippen molar-refractivity contribution < 1.29 is 13.2 Å². The maximum Gasteiger partial charge on any atom is 0.253 e. The standard InChI is InChI=1S/C13H13N3O3S/c1-20(18,19)12-5-3-2-4-10(12)8-14-13(17)11-6-7-15-16-9-11/h2-7,9H,8H2,1H3,(H,14,17). The Labute approximate surface area is 116 Å². The highest BCUT2D eigenvalue weighted by molar-refractivity contribution is 7.90. The second-order valence-electron chi connectivity index (χ2n) is 4.19. The Balaban J connectivity index is 2.15. The summed E-state index contributed by atoms with van der Waals surface area (Å²) in [6.45, 7) is 0.129. The Morgan fingerprint density at radius 1 is 1.20 bits per heavy atom. The van der Waals surface area contributed by atoms with Gasteiger partial charge in [0.1, 0.15) is 0 Å². The average Bonchev–Trinajstić information content (AvgIpc) is 2.45. The van der Waals surface area contributed by atoms with Crippen LogP contribution in [0, 0.1) is 0 Å². The number of rotatable bonds is 4. The molecule has 0 saturated carbocycles. The molecule has 0 saturated heterocycles.